The van der Waals surface area contributed by atoms with E-state index in [9.17, 15) is 0 Å². The zero-order chi connectivity index (χ0) is 11.4. The average molecular weight is 220 g/mol. The third-order valence-electron chi connectivity index (χ3n) is 3.38. The normalized spacial score (nSPS) is 20.4. The molecule has 88 valence electrons. The van der Waals surface area contributed by atoms with Crippen LogP contribution in [-0.4, -0.2) is 24.8 Å². The summed E-state index contributed by atoms with van der Waals surface area (Å²) in [5.74, 6) is 0.635. The van der Waals surface area contributed by atoms with Crippen LogP contribution in [0.25, 0.3) is 0 Å². The van der Waals surface area contributed by atoms with Crippen LogP contribution in [0, 0.1) is 5.92 Å². The summed E-state index contributed by atoms with van der Waals surface area (Å²) in [4.78, 5) is 2.39. The number of nitrogens with two attached hydrogens (primary N) is 1. The molecule has 16 heavy (non-hydrogen) atoms. The highest BCUT2D eigenvalue weighted by Crippen LogP contribution is 2.27. The van der Waals surface area contributed by atoms with Crippen LogP contribution in [0.1, 0.15) is 18.4 Å². The quantitative estimate of drug-likeness (QED) is 0.805. The standard InChI is InChI=1S/C13H20N2O/c14-9-12-3-1-2-4-13(12)15-7-5-11(10-15)6-8-16/h1-4,11,16H,5-10,14H2. The number of anilines is 1. The van der Waals surface area contributed by atoms with Crippen molar-refractivity contribution in [1.29, 1.82) is 0 Å². The molecule has 1 aliphatic heterocycles. The molecule has 0 bridgehead atoms. The Labute approximate surface area is 96.9 Å². The maximum absolute atomic E-state index is 8.95. The Bertz CT molecular complexity index is 340. The van der Waals surface area contributed by atoms with E-state index in [1.54, 1.807) is 0 Å². The van der Waals surface area contributed by atoms with Crippen LogP contribution < -0.4 is 10.6 Å². The summed E-state index contributed by atoms with van der Waals surface area (Å²) < 4.78 is 0. The summed E-state index contributed by atoms with van der Waals surface area (Å²) in [6, 6.07) is 8.33. The number of aliphatic hydroxyl groups is 1. The second-order valence-electron chi connectivity index (χ2n) is 4.45. The molecule has 0 radical (unpaired) electrons. The minimum atomic E-state index is 0.303. The van der Waals surface area contributed by atoms with Crippen LogP contribution in [0.4, 0.5) is 5.69 Å². The number of nitrogens with zero attached hydrogens (tertiary/aromatic N) is 1. The summed E-state index contributed by atoms with van der Waals surface area (Å²) >= 11 is 0. The summed E-state index contributed by atoms with van der Waals surface area (Å²) in [6.07, 6.45) is 2.10. The van der Waals surface area contributed by atoms with E-state index in [0.29, 0.717) is 19.1 Å². The van der Waals surface area contributed by atoms with Gasteiger partial charge in [0.2, 0.25) is 0 Å². The predicted octanol–water partition coefficient (Wildman–Crippen LogP) is 1.35. The first kappa shape index (κ1) is 11.4. The highest BCUT2D eigenvalue weighted by atomic mass is 16.3. The molecular formula is C13H20N2O. The zero-order valence-electron chi connectivity index (χ0n) is 9.60. The van der Waals surface area contributed by atoms with E-state index in [4.69, 9.17) is 10.8 Å². The van der Waals surface area contributed by atoms with Crippen LogP contribution >= 0.6 is 0 Å². The number of aliphatic hydroxyl groups excluding tert-OH is 1. The molecule has 0 saturated carbocycles. The summed E-state index contributed by atoms with van der Waals surface area (Å²) in [6.45, 7) is 3.04. The second-order valence-corrected chi connectivity index (χ2v) is 4.45. The summed E-state index contributed by atoms with van der Waals surface area (Å²) in [7, 11) is 0. The van der Waals surface area contributed by atoms with Gasteiger partial charge in [0.25, 0.3) is 0 Å². The molecule has 3 nitrogen and oxygen atoms in total. The van der Waals surface area contributed by atoms with Gasteiger partial charge in [-0.1, -0.05) is 18.2 Å². The molecular weight excluding hydrogens is 200 g/mol. The van der Waals surface area contributed by atoms with Gasteiger partial charge in [0.05, 0.1) is 0 Å². The molecule has 2 rings (SSSR count). The molecule has 3 heteroatoms. The highest BCUT2D eigenvalue weighted by Gasteiger charge is 2.23. The van der Waals surface area contributed by atoms with Crippen LogP contribution in [0.15, 0.2) is 24.3 Å². The fourth-order valence-electron chi connectivity index (χ4n) is 2.46. The van der Waals surface area contributed by atoms with Gasteiger partial charge in [-0.15, -0.1) is 0 Å². The minimum absolute atomic E-state index is 0.303. The first-order chi connectivity index (χ1) is 7.85. The maximum atomic E-state index is 8.95. The lowest BCUT2D eigenvalue weighted by molar-refractivity contribution is 0.263. The number of hydrogen-bond acceptors (Lipinski definition) is 3. The molecule has 1 aromatic carbocycles. The first-order valence-corrected chi connectivity index (χ1v) is 5.99. The molecule has 1 aromatic rings. The van der Waals surface area contributed by atoms with Gasteiger partial charge in [-0.05, 0) is 30.4 Å². The topological polar surface area (TPSA) is 49.5 Å². The maximum Gasteiger partial charge on any atom is 0.0434 e. The van der Waals surface area contributed by atoms with Crippen LogP contribution in [-0.2, 0) is 6.54 Å². The average Bonchev–Trinajstić information content (AvgIpc) is 2.78. The molecule has 0 amide bonds. The molecule has 3 N–H and O–H groups in total. The molecule has 1 saturated heterocycles. The summed E-state index contributed by atoms with van der Waals surface area (Å²) in [5, 5.41) is 8.95. The number of hydrogen-bond donors (Lipinski definition) is 2. The van der Waals surface area contributed by atoms with E-state index in [1.807, 2.05) is 6.07 Å². The van der Waals surface area contributed by atoms with Crippen LogP contribution in [0.2, 0.25) is 0 Å². The summed E-state index contributed by atoms with van der Waals surface area (Å²) in [5.41, 5.74) is 8.23. The van der Waals surface area contributed by atoms with E-state index in [2.05, 4.69) is 23.1 Å². The number of benzene rings is 1. The van der Waals surface area contributed by atoms with E-state index in [1.165, 1.54) is 17.7 Å². The Kier molecular flexibility index (Phi) is 3.80. The van der Waals surface area contributed by atoms with Gasteiger partial charge in [-0.25, -0.2) is 0 Å². The van der Waals surface area contributed by atoms with Crippen molar-refractivity contribution >= 4 is 5.69 Å². The van der Waals surface area contributed by atoms with E-state index in [0.717, 1.165) is 19.5 Å². The SMILES string of the molecule is NCc1ccccc1N1CCC(CCO)C1. The molecule has 1 aliphatic rings. The largest absolute Gasteiger partial charge is 0.396 e. The van der Waals surface area contributed by atoms with Gasteiger partial charge in [-0.3, -0.25) is 0 Å². The third kappa shape index (κ3) is 2.36. The highest BCUT2D eigenvalue weighted by molar-refractivity contribution is 5.54. The van der Waals surface area contributed by atoms with Gasteiger partial charge in [0, 0.05) is 31.9 Å². The monoisotopic (exact) mass is 220 g/mol. The van der Waals surface area contributed by atoms with Gasteiger partial charge in [0.1, 0.15) is 0 Å². The molecule has 1 atom stereocenters. The Morgan fingerprint density at radius 1 is 1.38 bits per heavy atom. The molecule has 0 aliphatic carbocycles. The van der Waals surface area contributed by atoms with Gasteiger partial charge >= 0.3 is 0 Å². The van der Waals surface area contributed by atoms with Crippen molar-refractivity contribution in [1.82, 2.24) is 0 Å². The Morgan fingerprint density at radius 2 is 2.19 bits per heavy atom. The molecule has 1 heterocycles. The molecule has 0 aromatic heterocycles. The molecule has 0 spiro atoms. The van der Waals surface area contributed by atoms with E-state index in [-0.39, 0.29) is 0 Å². The van der Waals surface area contributed by atoms with Gasteiger partial charge in [0.15, 0.2) is 0 Å². The van der Waals surface area contributed by atoms with Crippen molar-refractivity contribution in [2.75, 3.05) is 24.6 Å². The number of para-hydroxylation sites is 1. The smallest absolute Gasteiger partial charge is 0.0434 e. The van der Waals surface area contributed by atoms with E-state index >= 15 is 0 Å². The van der Waals surface area contributed by atoms with Crippen molar-refractivity contribution in [2.45, 2.75) is 19.4 Å². The van der Waals surface area contributed by atoms with E-state index < -0.39 is 0 Å². The van der Waals surface area contributed by atoms with Crippen molar-refractivity contribution in [3.63, 3.8) is 0 Å². The minimum Gasteiger partial charge on any atom is -0.396 e. The fourth-order valence-corrected chi connectivity index (χ4v) is 2.46. The lowest BCUT2D eigenvalue weighted by atomic mass is 10.1. The molecule has 1 fully saturated rings. The first-order valence-electron chi connectivity index (χ1n) is 5.99. The Hall–Kier alpha value is -1.06. The predicted molar refractivity (Wildman–Crippen MR) is 66.4 cm³/mol. The van der Waals surface area contributed by atoms with Gasteiger partial charge in [-0.2, -0.15) is 0 Å². The Morgan fingerprint density at radius 3 is 2.94 bits per heavy atom. The third-order valence-corrected chi connectivity index (χ3v) is 3.38. The Balaban J connectivity index is 2.08. The zero-order valence-corrected chi connectivity index (χ0v) is 9.60. The van der Waals surface area contributed by atoms with Crippen molar-refractivity contribution in [3.05, 3.63) is 29.8 Å². The van der Waals surface area contributed by atoms with Crippen molar-refractivity contribution < 1.29 is 5.11 Å². The number of rotatable bonds is 4. The van der Waals surface area contributed by atoms with Crippen LogP contribution in [0.3, 0.4) is 0 Å². The van der Waals surface area contributed by atoms with Crippen LogP contribution in [0.5, 0.6) is 0 Å². The molecule has 1 unspecified atom stereocenters. The van der Waals surface area contributed by atoms with Crippen molar-refractivity contribution in [2.24, 2.45) is 11.7 Å². The fraction of sp³-hybridized carbons (Fsp3) is 0.538. The lowest BCUT2D eigenvalue weighted by Crippen LogP contribution is -2.21. The lowest BCUT2D eigenvalue weighted by Gasteiger charge is -2.21. The second kappa shape index (κ2) is 5.32. The van der Waals surface area contributed by atoms with Crippen molar-refractivity contribution in [3.8, 4) is 0 Å². The van der Waals surface area contributed by atoms with Gasteiger partial charge < -0.3 is 15.7 Å².